The van der Waals surface area contributed by atoms with Gasteiger partial charge in [-0.1, -0.05) is 29.8 Å². The molecule has 2 rings (SSSR count). The number of carbonyl (C=O) groups excluding carboxylic acids is 3. The van der Waals surface area contributed by atoms with E-state index >= 15 is 0 Å². The van der Waals surface area contributed by atoms with Gasteiger partial charge in [0.05, 0.1) is 0 Å². The minimum atomic E-state index is -0.497. The lowest BCUT2D eigenvalue weighted by Gasteiger charge is -2.06. The smallest absolute Gasteiger partial charge is 0.269 e. The summed E-state index contributed by atoms with van der Waals surface area (Å²) in [7, 11) is 0. The van der Waals surface area contributed by atoms with Crippen LogP contribution in [0.25, 0.3) is 6.08 Å². The van der Waals surface area contributed by atoms with Gasteiger partial charge in [0.25, 0.3) is 11.8 Å². The maximum absolute atomic E-state index is 12.0. The number of hydrazine groups is 1. The molecule has 2 aromatic carbocycles. The second-order valence-corrected chi connectivity index (χ2v) is 5.46. The third-order valence-corrected chi connectivity index (χ3v) is 3.43. The molecule has 0 atom stereocenters. The van der Waals surface area contributed by atoms with Crippen LogP contribution in [0.1, 0.15) is 22.8 Å². The first-order chi connectivity index (χ1) is 12.0. The monoisotopic (exact) mass is 357 g/mol. The number of amides is 3. The first-order valence-electron chi connectivity index (χ1n) is 7.36. The van der Waals surface area contributed by atoms with Crippen LogP contribution in [0.4, 0.5) is 5.69 Å². The van der Waals surface area contributed by atoms with Gasteiger partial charge in [0.2, 0.25) is 5.91 Å². The summed E-state index contributed by atoms with van der Waals surface area (Å²) >= 11 is 5.98. The Morgan fingerprint density at radius 2 is 1.64 bits per heavy atom. The number of halogens is 1. The van der Waals surface area contributed by atoms with E-state index in [4.69, 9.17) is 11.6 Å². The van der Waals surface area contributed by atoms with Gasteiger partial charge >= 0.3 is 0 Å². The highest BCUT2D eigenvalue weighted by atomic mass is 35.5. The Kier molecular flexibility index (Phi) is 6.31. The molecule has 3 N–H and O–H groups in total. The van der Waals surface area contributed by atoms with Crippen molar-refractivity contribution in [2.45, 2.75) is 6.92 Å². The molecule has 0 aliphatic rings. The zero-order valence-corrected chi connectivity index (χ0v) is 14.1. The molecule has 0 fully saturated rings. The molecule has 0 spiro atoms. The van der Waals surface area contributed by atoms with Gasteiger partial charge in [-0.2, -0.15) is 0 Å². The van der Waals surface area contributed by atoms with Crippen LogP contribution < -0.4 is 16.2 Å². The fourth-order valence-corrected chi connectivity index (χ4v) is 2.11. The lowest BCUT2D eigenvalue weighted by molar-refractivity contribution is -0.117. The summed E-state index contributed by atoms with van der Waals surface area (Å²) in [5.74, 6) is -1.17. The Balaban J connectivity index is 1.88. The number of anilines is 1. The molecule has 0 aromatic heterocycles. The molecular formula is C18H16ClN3O3. The van der Waals surface area contributed by atoms with Crippen molar-refractivity contribution in [2.24, 2.45) is 0 Å². The molecule has 0 bridgehead atoms. The summed E-state index contributed by atoms with van der Waals surface area (Å²) in [6.07, 6.45) is 2.81. The second kappa shape index (κ2) is 8.65. The molecule has 128 valence electrons. The number of rotatable bonds is 4. The molecule has 0 saturated heterocycles. The largest absolute Gasteiger partial charge is 0.326 e. The third kappa shape index (κ3) is 5.78. The van der Waals surface area contributed by atoms with Gasteiger partial charge in [-0.05, 0) is 42.0 Å². The molecule has 0 aliphatic carbocycles. The van der Waals surface area contributed by atoms with Crippen molar-refractivity contribution in [1.29, 1.82) is 0 Å². The molecular weight excluding hydrogens is 342 g/mol. The van der Waals surface area contributed by atoms with E-state index in [1.807, 2.05) is 0 Å². The summed E-state index contributed by atoms with van der Waals surface area (Å²) in [5, 5.41) is 3.12. The van der Waals surface area contributed by atoms with E-state index in [9.17, 15) is 14.4 Å². The average molecular weight is 358 g/mol. The van der Waals surface area contributed by atoms with E-state index in [1.165, 1.54) is 25.1 Å². The molecule has 3 amide bonds. The first kappa shape index (κ1) is 18.2. The fraction of sp³-hybridized carbons (Fsp3) is 0.0556. The average Bonchev–Trinajstić information content (AvgIpc) is 2.59. The zero-order chi connectivity index (χ0) is 18.2. The van der Waals surface area contributed by atoms with Crippen molar-refractivity contribution in [3.05, 3.63) is 70.8 Å². The first-order valence-corrected chi connectivity index (χ1v) is 7.74. The van der Waals surface area contributed by atoms with Crippen molar-refractivity contribution < 1.29 is 14.4 Å². The van der Waals surface area contributed by atoms with Crippen LogP contribution in [0.15, 0.2) is 54.6 Å². The Bertz CT molecular complexity index is 817. The van der Waals surface area contributed by atoms with E-state index in [1.54, 1.807) is 42.5 Å². The van der Waals surface area contributed by atoms with Crippen LogP contribution in [-0.4, -0.2) is 17.7 Å². The number of hydrogen-bond donors (Lipinski definition) is 3. The SMILES string of the molecule is CC(=O)Nc1ccc(C(=O)NNC(=O)/C=C/c2ccccc2Cl)cc1. The maximum atomic E-state index is 12.0. The van der Waals surface area contributed by atoms with Gasteiger partial charge < -0.3 is 5.32 Å². The summed E-state index contributed by atoms with van der Waals surface area (Å²) in [4.78, 5) is 34.6. The van der Waals surface area contributed by atoms with Gasteiger partial charge in [0.1, 0.15) is 0 Å². The maximum Gasteiger partial charge on any atom is 0.269 e. The summed E-state index contributed by atoms with van der Waals surface area (Å²) < 4.78 is 0. The fourth-order valence-electron chi connectivity index (χ4n) is 1.92. The molecule has 25 heavy (non-hydrogen) atoms. The van der Waals surface area contributed by atoms with Crippen LogP contribution in [0.3, 0.4) is 0 Å². The topological polar surface area (TPSA) is 87.3 Å². The van der Waals surface area contributed by atoms with Crippen molar-refractivity contribution in [2.75, 3.05) is 5.32 Å². The number of benzene rings is 2. The van der Waals surface area contributed by atoms with Crippen LogP contribution in [0.2, 0.25) is 5.02 Å². The molecule has 0 heterocycles. The van der Waals surface area contributed by atoms with Gasteiger partial charge in [-0.15, -0.1) is 0 Å². The van der Waals surface area contributed by atoms with E-state index in [-0.39, 0.29) is 5.91 Å². The van der Waals surface area contributed by atoms with Gasteiger partial charge in [0, 0.05) is 29.3 Å². The number of carbonyl (C=O) groups is 3. The van der Waals surface area contributed by atoms with Crippen molar-refractivity contribution >= 4 is 41.1 Å². The molecule has 0 saturated carbocycles. The molecule has 6 nitrogen and oxygen atoms in total. The van der Waals surface area contributed by atoms with E-state index in [0.29, 0.717) is 21.8 Å². The van der Waals surface area contributed by atoms with Gasteiger partial charge in [-0.3, -0.25) is 25.2 Å². The highest BCUT2D eigenvalue weighted by molar-refractivity contribution is 6.32. The predicted molar refractivity (Wildman–Crippen MR) is 96.8 cm³/mol. The Labute approximate surface area is 149 Å². The molecule has 0 aliphatic heterocycles. The molecule has 0 radical (unpaired) electrons. The second-order valence-electron chi connectivity index (χ2n) is 5.06. The lowest BCUT2D eigenvalue weighted by Crippen LogP contribution is -2.40. The van der Waals surface area contributed by atoms with Crippen LogP contribution in [0, 0.1) is 0 Å². The highest BCUT2D eigenvalue weighted by Gasteiger charge is 2.06. The Hall–Kier alpha value is -3.12. The number of nitrogens with one attached hydrogen (secondary N) is 3. The molecule has 7 heteroatoms. The van der Waals surface area contributed by atoms with Crippen LogP contribution in [-0.2, 0) is 9.59 Å². The lowest BCUT2D eigenvalue weighted by atomic mass is 10.2. The Morgan fingerprint density at radius 1 is 0.960 bits per heavy atom. The molecule has 0 unspecified atom stereocenters. The van der Waals surface area contributed by atoms with E-state index in [2.05, 4.69) is 16.2 Å². The predicted octanol–water partition coefficient (Wildman–Crippen LogP) is 2.77. The highest BCUT2D eigenvalue weighted by Crippen LogP contribution is 2.16. The van der Waals surface area contributed by atoms with E-state index < -0.39 is 11.8 Å². The van der Waals surface area contributed by atoms with Crippen molar-refractivity contribution in [3.8, 4) is 0 Å². The van der Waals surface area contributed by atoms with E-state index in [0.717, 1.165) is 0 Å². The minimum Gasteiger partial charge on any atom is -0.326 e. The van der Waals surface area contributed by atoms with Gasteiger partial charge in [0.15, 0.2) is 0 Å². The van der Waals surface area contributed by atoms with Crippen molar-refractivity contribution in [1.82, 2.24) is 10.9 Å². The third-order valence-electron chi connectivity index (χ3n) is 3.09. The minimum absolute atomic E-state index is 0.199. The summed E-state index contributed by atoms with van der Waals surface area (Å²) in [6.45, 7) is 1.40. The van der Waals surface area contributed by atoms with Crippen molar-refractivity contribution in [3.63, 3.8) is 0 Å². The quantitative estimate of drug-likeness (QED) is 0.580. The number of hydrogen-bond acceptors (Lipinski definition) is 3. The Morgan fingerprint density at radius 3 is 2.28 bits per heavy atom. The van der Waals surface area contributed by atoms with Gasteiger partial charge in [-0.25, -0.2) is 0 Å². The normalized spacial score (nSPS) is 10.3. The summed E-state index contributed by atoms with van der Waals surface area (Å²) in [5.41, 5.74) is 6.19. The standard InChI is InChI=1S/C18H16ClN3O3/c1-12(23)20-15-9-6-14(7-10-15)18(25)22-21-17(24)11-8-13-4-2-3-5-16(13)19/h2-11H,1H3,(H,20,23)(H,21,24)(H,22,25)/b11-8+. The summed E-state index contributed by atoms with van der Waals surface area (Å²) in [6, 6.07) is 13.3. The zero-order valence-electron chi connectivity index (χ0n) is 13.4. The van der Waals surface area contributed by atoms with Crippen LogP contribution in [0.5, 0.6) is 0 Å². The molecule has 2 aromatic rings. The van der Waals surface area contributed by atoms with Crippen LogP contribution >= 0.6 is 11.6 Å².